The molecule has 6 rings (SSSR count). The number of ether oxygens (including phenoxy) is 2. The van der Waals surface area contributed by atoms with E-state index >= 15 is 0 Å². The summed E-state index contributed by atoms with van der Waals surface area (Å²) in [5.41, 5.74) is 2.27. The summed E-state index contributed by atoms with van der Waals surface area (Å²) >= 11 is 0. The van der Waals surface area contributed by atoms with Gasteiger partial charge in [-0.25, -0.2) is 9.59 Å². The van der Waals surface area contributed by atoms with E-state index in [9.17, 15) is 19.2 Å². The lowest BCUT2D eigenvalue weighted by Gasteiger charge is -2.35. The number of nitrogens with one attached hydrogen (secondary N) is 2. The first kappa shape index (κ1) is 26.9. The number of hydrogen-bond donors (Lipinski definition) is 2. The highest BCUT2D eigenvalue weighted by molar-refractivity contribution is 5.95. The summed E-state index contributed by atoms with van der Waals surface area (Å²) in [5, 5.41) is 6.63. The van der Waals surface area contributed by atoms with Gasteiger partial charge in [0.1, 0.15) is 13.2 Å². The number of carbonyl (C=O) groups excluding carboxylic acids is 4. The zero-order valence-electron chi connectivity index (χ0n) is 23.0. The van der Waals surface area contributed by atoms with E-state index in [4.69, 9.17) is 9.47 Å². The molecule has 10 heteroatoms. The minimum atomic E-state index is -0.290. The van der Waals surface area contributed by atoms with Crippen LogP contribution < -0.4 is 10.6 Å². The van der Waals surface area contributed by atoms with Crippen LogP contribution >= 0.6 is 0 Å². The fourth-order valence-corrected chi connectivity index (χ4v) is 7.14. The topological polar surface area (TPSA) is 117 Å². The number of rotatable bonds is 2. The van der Waals surface area contributed by atoms with Crippen molar-refractivity contribution in [3.05, 3.63) is 22.5 Å². The van der Waals surface area contributed by atoms with Gasteiger partial charge >= 0.3 is 11.9 Å². The van der Waals surface area contributed by atoms with Crippen molar-refractivity contribution in [2.24, 2.45) is 22.7 Å². The van der Waals surface area contributed by atoms with Crippen molar-refractivity contribution in [1.82, 2.24) is 20.4 Å². The third-order valence-corrected chi connectivity index (χ3v) is 9.94. The Balaban J connectivity index is 0.000000155. The van der Waals surface area contributed by atoms with Crippen molar-refractivity contribution in [1.29, 1.82) is 0 Å². The smallest absolute Gasteiger partial charge is 0.336 e. The van der Waals surface area contributed by atoms with Gasteiger partial charge in [0, 0.05) is 13.1 Å². The average Bonchev–Trinajstić information content (AvgIpc) is 3.58. The van der Waals surface area contributed by atoms with E-state index in [1.807, 2.05) is 0 Å². The Labute approximate surface area is 224 Å². The van der Waals surface area contributed by atoms with Gasteiger partial charge in [0.05, 0.1) is 33.4 Å². The molecule has 4 fully saturated rings. The highest BCUT2D eigenvalue weighted by atomic mass is 16.5. The maximum absolute atomic E-state index is 12.8. The van der Waals surface area contributed by atoms with Gasteiger partial charge in [0.15, 0.2) is 0 Å². The molecular formula is C28H40N4O6. The molecule has 0 saturated carbocycles. The number of carbonyl (C=O) groups is 4. The predicted octanol–water partition coefficient (Wildman–Crippen LogP) is 1.33. The molecule has 2 spiro atoms. The summed E-state index contributed by atoms with van der Waals surface area (Å²) in [6.45, 7) is 13.3. The molecular weight excluding hydrogens is 488 g/mol. The van der Waals surface area contributed by atoms with Crippen LogP contribution in [0.5, 0.6) is 0 Å². The summed E-state index contributed by atoms with van der Waals surface area (Å²) in [6, 6.07) is 0. The number of hydrogen-bond acceptors (Lipinski definition) is 8. The first-order valence-electron chi connectivity index (χ1n) is 13.9. The number of likely N-dealkylation sites (tertiary alicyclic amines) is 2. The molecule has 0 aromatic heterocycles. The maximum atomic E-state index is 12.8. The number of nitrogens with zero attached hydrogens (tertiary/aromatic N) is 2. The molecule has 208 valence electrons. The third kappa shape index (κ3) is 4.16. The van der Waals surface area contributed by atoms with Crippen molar-refractivity contribution in [2.75, 3.05) is 52.5 Å². The Kier molecular flexibility index (Phi) is 7.15. The van der Waals surface area contributed by atoms with E-state index in [1.165, 1.54) is 0 Å². The molecule has 0 unspecified atom stereocenters. The summed E-state index contributed by atoms with van der Waals surface area (Å²) in [7, 11) is 0. The van der Waals surface area contributed by atoms with Gasteiger partial charge in [0.2, 0.25) is 11.8 Å². The first-order chi connectivity index (χ1) is 18.1. The predicted molar refractivity (Wildman–Crippen MR) is 138 cm³/mol. The molecule has 0 aliphatic carbocycles. The van der Waals surface area contributed by atoms with Crippen LogP contribution in [-0.2, 0) is 28.7 Å². The maximum Gasteiger partial charge on any atom is 0.336 e. The van der Waals surface area contributed by atoms with Crippen LogP contribution in [0.2, 0.25) is 0 Å². The van der Waals surface area contributed by atoms with Crippen molar-refractivity contribution < 1.29 is 28.7 Å². The second-order valence-corrected chi connectivity index (χ2v) is 11.7. The first-order valence-corrected chi connectivity index (χ1v) is 13.9. The molecule has 2 atom stereocenters. The second-order valence-electron chi connectivity index (χ2n) is 11.7. The highest BCUT2D eigenvalue weighted by Crippen LogP contribution is 2.47. The Morgan fingerprint density at radius 2 is 1.00 bits per heavy atom. The normalized spacial score (nSPS) is 30.4. The third-order valence-electron chi connectivity index (χ3n) is 9.94. The fraction of sp³-hybridized carbons (Fsp3) is 0.714. The molecule has 6 aliphatic rings. The number of cyclic esters (lactones) is 2. The van der Waals surface area contributed by atoms with E-state index in [0.29, 0.717) is 36.1 Å². The van der Waals surface area contributed by atoms with Crippen LogP contribution in [0.3, 0.4) is 0 Å². The van der Waals surface area contributed by atoms with Gasteiger partial charge in [-0.15, -0.1) is 0 Å². The van der Waals surface area contributed by atoms with Gasteiger partial charge in [-0.3, -0.25) is 9.59 Å². The van der Waals surface area contributed by atoms with Crippen LogP contribution in [0, 0.1) is 22.7 Å². The average molecular weight is 529 g/mol. The van der Waals surface area contributed by atoms with Gasteiger partial charge in [0.25, 0.3) is 0 Å². The largest absolute Gasteiger partial charge is 0.456 e. The monoisotopic (exact) mass is 528 g/mol. The molecule has 0 radical (unpaired) electrons. The van der Waals surface area contributed by atoms with Crippen molar-refractivity contribution in [2.45, 2.75) is 53.4 Å². The lowest BCUT2D eigenvalue weighted by molar-refractivity contribution is -0.138. The number of esters is 2. The lowest BCUT2D eigenvalue weighted by Crippen LogP contribution is -2.44. The molecule has 10 nitrogen and oxygen atoms in total. The highest BCUT2D eigenvalue weighted by Gasteiger charge is 2.54. The Morgan fingerprint density at radius 1 is 0.658 bits per heavy atom. The van der Waals surface area contributed by atoms with Gasteiger partial charge in [-0.05, 0) is 77.5 Å². The molecule has 0 bridgehead atoms. The molecule has 2 N–H and O–H groups in total. The van der Waals surface area contributed by atoms with E-state index in [-0.39, 0.29) is 47.8 Å². The Morgan fingerprint density at radius 3 is 1.29 bits per heavy atom. The quantitative estimate of drug-likeness (QED) is 0.516. The zero-order chi connectivity index (χ0) is 27.2. The lowest BCUT2D eigenvalue weighted by atomic mass is 9.71. The van der Waals surface area contributed by atoms with Gasteiger partial charge in [-0.1, -0.05) is 13.8 Å². The zero-order valence-corrected chi connectivity index (χ0v) is 23.0. The summed E-state index contributed by atoms with van der Waals surface area (Å²) in [6.07, 6.45) is 3.57. The van der Waals surface area contributed by atoms with Crippen LogP contribution in [0.4, 0.5) is 0 Å². The standard InChI is InChI=1S/2C14H20N2O3/c2*1-9-7-16(11-8-19-12(17)10(11)2)13(18)14(9)3-5-15-6-4-14/h2*9,15H,3-8H2,1-2H3/t2*9-/m10/s1. The molecule has 6 heterocycles. The number of piperidine rings is 2. The summed E-state index contributed by atoms with van der Waals surface area (Å²) < 4.78 is 10.1. The van der Waals surface area contributed by atoms with Crippen molar-refractivity contribution >= 4 is 23.8 Å². The Hall–Kier alpha value is -2.72. The van der Waals surface area contributed by atoms with Crippen molar-refractivity contribution in [3.63, 3.8) is 0 Å². The van der Waals surface area contributed by atoms with Crippen molar-refractivity contribution in [3.8, 4) is 0 Å². The molecule has 2 amide bonds. The molecule has 38 heavy (non-hydrogen) atoms. The van der Waals surface area contributed by atoms with Gasteiger partial charge < -0.3 is 29.9 Å². The van der Waals surface area contributed by atoms with E-state index in [1.54, 1.807) is 23.6 Å². The second kappa shape index (κ2) is 10.1. The van der Waals surface area contributed by atoms with E-state index in [2.05, 4.69) is 24.5 Å². The Bertz CT molecular complexity index is 1010. The van der Waals surface area contributed by atoms with Crippen LogP contribution in [0.25, 0.3) is 0 Å². The minimum Gasteiger partial charge on any atom is -0.456 e. The fourth-order valence-electron chi connectivity index (χ4n) is 7.14. The minimum absolute atomic E-state index is 0.189. The number of amides is 2. The molecule has 0 aromatic rings. The molecule has 6 aliphatic heterocycles. The summed E-state index contributed by atoms with van der Waals surface area (Å²) in [4.78, 5) is 52.2. The van der Waals surface area contributed by atoms with Crippen LogP contribution in [0.1, 0.15) is 53.4 Å². The van der Waals surface area contributed by atoms with Crippen LogP contribution in [0.15, 0.2) is 22.5 Å². The van der Waals surface area contributed by atoms with Crippen LogP contribution in [-0.4, -0.2) is 86.0 Å². The summed E-state index contributed by atoms with van der Waals surface area (Å²) in [5.74, 6) is 0.461. The van der Waals surface area contributed by atoms with E-state index < -0.39 is 0 Å². The molecule has 4 saturated heterocycles. The SMILES string of the molecule is CC1=C(N2C[C@@H](C)C3(CCNCC3)C2=O)COC1=O.CC1=C(N2C[C@H](C)C3(CCNCC3)C2=O)COC1=O. The van der Waals surface area contributed by atoms with E-state index in [0.717, 1.165) is 63.3 Å². The molecule has 0 aromatic carbocycles. The van der Waals surface area contributed by atoms with Gasteiger partial charge in [-0.2, -0.15) is 0 Å².